The Kier molecular flexibility index (Phi) is 6.56. The molecular formula is C22H25N5O3. The first-order valence-electron chi connectivity index (χ1n) is 9.86. The molecule has 30 heavy (non-hydrogen) atoms. The minimum Gasteiger partial charge on any atom is -0.477 e. The third-order valence-corrected chi connectivity index (χ3v) is 5.00. The highest BCUT2D eigenvalue weighted by atomic mass is 16.4. The van der Waals surface area contributed by atoms with Crippen molar-refractivity contribution in [2.45, 2.75) is 39.3 Å². The SMILES string of the molecule is CCCC(C)N(C)C(=O)c1ccc(Cn2cc(-c3cccc(C(=O)O)n3)nn2)cc1. The van der Waals surface area contributed by atoms with Gasteiger partial charge >= 0.3 is 5.97 Å². The molecule has 0 radical (unpaired) electrons. The molecule has 1 N–H and O–H groups in total. The molecule has 1 amide bonds. The summed E-state index contributed by atoms with van der Waals surface area (Å²) >= 11 is 0. The lowest BCUT2D eigenvalue weighted by molar-refractivity contribution is 0.0689. The fourth-order valence-corrected chi connectivity index (χ4v) is 3.14. The van der Waals surface area contributed by atoms with Crippen LogP contribution in [0.5, 0.6) is 0 Å². The van der Waals surface area contributed by atoms with Crippen molar-refractivity contribution in [3.05, 3.63) is 65.5 Å². The van der Waals surface area contributed by atoms with E-state index in [0.717, 1.165) is 18.4 Å². The third kappa shape index (κ3) is 4.89. The molecule has 2 aromatic heterocycles. The Bertz CT molecular complexity index is 1030. The molecule has 1 unspecified atom stereocenters. The first-order valence-corrected chi connectivity index (χ1v) is 9.86. The summed E-state index contributed by atoms with van der Waals surface area (Å²) in [6.07, 6.45) is 3.72. The number of hydrogen-bond acceptors (Lipinski definition) is 5. The van der Waals surface area contributed by atoms with Crippen molar-refractivity contribution in [2.24, 2.45) is 0 Å². The van der Waals surface area contributed by atoms with Crippen molar-refractivity contribution in [2.75, 3.05) is 7.05 Å². The van der Waals surface area contributed by atoms with Crippen LogP contribution in [-0.2, 0) is 6.54 Å². The minimum atomic E-state index is -1.09. The van der Waals surface area contributed by atoms with E-state index in [0.29, 0.717) is 23.5 Å². The number of rotatable bonds is 8. The zero-order chi connectivity index (χ0) is 21.7. The van der Waals surface area contributed by atoms with Crippen molar-refractivity contribution in [3.63, 3.8) is 0 Å². The second-order valence-corrected chi connectivity index (χ2v) is 7.27. The quantitative estimate of drug-likeness (QED) is 0.614. The number of nitrogens with zero attached hydrogens (tertiary/aromatic N) is 5. The van der Waals surface area contributed by atoms with Gasteiger partial charge in [-0.25, -0.2) is 14.5 Å². The maximum absolute atomic E-state index is 12.6. The molecule has 1 aromatic carbocycles. The van der Waals surface area contributed by atoms with E-state index < -0.39 is 5.97 Å². The Morgan fingerprint density at radius 3 is 2.53 bits per heavy atom. The van der Waals surface area contributed by atoms with Crippen LogP contribution in [0.15, 0.2) is 48.7 Å². The molecule has 3 aromatic rings. The van der Waals surface area contributed by atoms with Gasteiger partial charge in [0, 0.05) is 18.7 Å². The van der Waals surface area contributed by atoms with Crippen LogP contribution in [0.1, 0.15) is 53.1 Å². The van der Waals surface area contributed by atoms with Gasteiger partial charge in [-0.2, -0.15) is 0 Å². The second-order valence-electron chi connectivity index (χ2n) is 7.27. The topological polar surface area (TPSA) is 101 Å². The number of aromatic carboxylic acids is 1. The van der Waals surface area contributed by atoms with Gasteiger partial charge in [0.1, 0.15) is 11.4 Å². The molecule has 2 heterocycles. The van der Waals surface area contributed by atoms with Gasteiger partial charge in [-0.15, -0.1) is 5.10 Å². The summed E-state index contributed by atoms with van der Waals surface area (Å²) in [5.74, 6) is -1.08. The largest absolute Gasteiger partial charge is 0.477 e. The standard InChI is InChI=1S/C22H25N5O3/c1-4-6-15(2)26(3)21(28)17-11-9-16(10-12-17)13-27-14-20(24-25-27)18-7-5-8-19(23-18)22(29)30/h5,7-12,14-15H,4,6,13H2,1-3H3,(H,29,30). The molecule has 0 aliphatic heterocycles. The number of benzene rings is 1. The van der Waals surface area contributed by atoms with Crippen molar-refractivity contribution in [3.8, 4) is 11.4 Å². The van der Waals surface area contributed by atoms with Crippen molar-refractivity contribution in [1.29, 1.82) is 0 Å². The first kappa shape index (κ1) is 21.2. The summed E-state index contributed by atoms with van der Waals surface area (Å²) in [7, 11) is 1.83. The number of carbonyl (C=O) groups is 2. The van der Waals surface area contributed by atoms with Crippen LogP contribution in [0.2, 0.25) is 0 Å². The van der Waals surface area contributed by atoms with Crippen LogP contribution < -0.4 is 0 Å². The summed E-state index contributed by atoms with van der Waals surface area (Å²) in [5, 5.41) is 17.3. The first-order chi connectivity index (χ1) is 14.4. The Balaban J connectivity index is 1.69. The van der Waals surface area contributed by atoms with Crippen LogP contribution in [-0.4, -0.2) is 55.0 Å². The van der Waals surface area contributed by atoms with Crippen LogP contribution >= 0.6 is 0 Å². The molecule has 8 nitrogen and oxygen atoms in total. The van der Waals surface area contributed by atoms with Crippen LogP contribution in [0.25, 0.3) is 11.4 Å². The van der Waals surface area contributed by atoms with Crippen molar-refractivity contribution >= 4 is 11.9 Å². The van der Waals surface area contributed by atoms with Gasteiger partial charge in [-0.1, -0.05) is 36.8 Å². The van der Waals surface area contributed by atoms with Gasteiger partial charge in [0.15, 0.2) is 0 Å². The lowest BCUT2D eigenvalue weighted by Gasteiger charge is -2.24. The van der Waals surface area contributed by atoms with E-state index in [1.54, 1.807) is 27.9 Å². The van der Waals surface area contributed by atoms with Gasteiger partial charge in [0.25, 0.3) is 5.91 Å². The van der Waals surface area contributed by atoms with Crippen molar-refractivity contribution in [1.82, 2.24) is 24.9 Å². The monoisotopic (exact) mass is 407 g/mol. The molecule has 0 spiro atoms. The number of aromatic nitrogens is 4. The lowest BCUT2D eigenvalue weighted by Crippen LogP contribution is -2.34. The molecule has 1 atom stereocenters. The van der Waals surface area contributed by atoms with E-state index in [1.807, 2.05) is 31.3 Å². The Morgan fingerprint density at radius 1 is 1.13 bits per heavy atom. The molecule has 8 heteroatoms. The number of hydrogen-bond donors (Lipinski definition) is 1. The highest BCUT2D eigenvalue weighted by Crippen LogP contribution is 2.16. The molecule has 0 fully saturated rings. The van der Waals surface area contributed by atoms with E-state index in [-0.39, 0.29) is 17.6 Å². The fourth-order valence-electron chi connectivity index (χ4n) is 3.14. The summed E-state index contributed by atoms with van der Waals surface area (Å²) in [6, 6.07) is 12.4. The van der Waals surface area contributed by atoms with E-state index in [2.05, 4.69) is 29.1 Å². The normalized spacial score (nSPS) is 11.8. The van der Waals surface area contributed by atoms with Gasteiger partial charge in [-0.3, -0.25) is 4.79 Å². The predicted molar refractivity (Wildman–Crippen MR) is 112 cm³/mol. The molecule has 0 aliphatic rings. The molecule has 156 valence electrons. The van der Waals surface area contributed by atoms with E-state index in [9.17, 15) is 9.59 Å². The number of amides is 1. The van der Waals surface area contributed by atoms with E-state index >= 15 is 0 Å². The summed E-state index contributed by atoms with van der Waals surface area (Å²) in [6.45, 7) is 4.64. The smallest absolute Gasteiger partial charge is 0.354 e. The van der Waals surface area contributed by atoms with Crippen LogP contribution in [0.4, 0.5) is 0 Å². The van der Waals surface area contributed by atoms with Gasteiger partial charge in [-0.05, 0) is 43.2 Å². The molecule has 0 bridgehead atoms. The Morgan fingerprint density at radius 2 is 1.87 bits per heavy atom. The lowest BCUT2D eigenvalue weighted by atomic mass is 10.1. The summed E-state index contributed by atoms with van der Waals surface area (Å²) in [5.41, 5.74) is 2.53. The van der Waals surface area contributed by atoms with Crippen LogP contribution in [0, 0.1) is 0 Å². The fraction of sp³-hybridized carbons (Fsp3) is 0.318. The van der Waals surface area contributed by atoms with E-state index in [4.69, 9.17) is 5.11 Å². The highest BCUT2D eigenvalue weighted by Gasteiger charge is 2.17. The number of pyridine rings is 1. The van der Waals surface area contributed by atoms with Gasteiger partial charge in [0.2, 0.25) is 0 Å². The summed E-state index contributed by atoms with van der Waals surface area (Å²) < 4.78 is 1.65. The molecule has 3 rings (SSSR count). The number of carboxylic acid groups (broad SMARTS) is 1. The van der Waals surface area contributed by atoms with E-state index in [1.165, 1.54) is 6.07 Å². The average molecular weight is 407 g/mol. The second kappa shape index (κ2) is 9.30. The molecule has 0 saturated carbocycles. The maximum Gasteiger partial charge on any atom is 0.354 e. The predicted octanol–water partition coefficient (Wildman–Crippen LogP) is 3.35. The third-order valence-electron chi connectivity index (χ3n) is 5.00. The number of carbonyl (C=O) groups excluding carboxylic acids is 1. The maximum atomic E-state index is 12.6. The summed E-state index contributed by atoms with van der Waals surface area (Å²) in [4.78, 5) is 29.6. The Hall–Kier alpha value is -3.55. The molecule has 0 aliphatic carbocycles. The van der Waals surface area contributed by atoms with Gasteiger partial charge < -0.3 is 10.0 Å². The zero-order valence-electron chi connectivity index (χ0n) is 17.3. The minimum absolute atomic E-state index is 0.00919. The molecule has 0 saturated heterocycles. The average Bonchev–Trinajstić information content (AvgIpc) is 3.22. The zero-order valence-corrected chi connectivity index (χ0v) is 17.3. The van der Waals surface area contributed by atoms with Gasteiger partial charge in [0.05, 0.1) is 18.4 Å². The van der Waals surface area contributed by atoms with Crippen molar-refractivity contribution < 1.29 is 14.7 Å². The highest BCUT2D eigenvalue weighted by molar-refractivity contribution is 5.94. The number of carboxylic acids is 1. The molecular weight excluding hydrogens is 382 g/mol. The Labute approximate surface area is 175 Å². The van der Waals surface area contributed by atoms with Crippen LogP contribution in [0.3, 0.4) is 0 Å².